The van der Waals surface area contributed by atoms with Crippen LogP contribution in [0.15, 0.2) is 22.8 Å². The van der Waals surface area contributed by atoms with E-state index in [9.17, 15) is 4.39 Å². The first-order valence-electron chi connectivity index (χ1n) is 4.01. The van der Waals surface area contributed by atoms with E-state index in [1.54, 1.807) is 6.07 Å². The standard InChI is InChI=1S/C10H9BrFN/c1-6-8-4-3-7(12)5-9(8)13(2)10(6)11/h3-5H,1-2H3. The highest BCUT2D eigenvalue weighted by molar-refractivity contribution is 9.10. The predicted octanol–water partition coefficient (Wildman–Crippen LogP) is 3.39. The second kappa shape index (κ2) is 2.84. The van der Waals surface area contributed by atoms with E-state index in [0.717, 1.165) is 21.1 Å². The normalized spacial score (nSPS) is 11.1. The van der Waals surface area contributed by atoms with Gasteiger partial charge in [-0.15, -0.1) is 0 Å². The lowest BCUT2D eigenvalue weighted by Crippen LogP contribution is -1.87. The van der Waals surface area contributed by atoms with Crippen LogP contribution >= 0.6 is 15.9 Å². The third-order valence-electron chi connectivity index (χ3n) is 2.33. The summed E-state index contributed by atoms with van der Waals surface area (Å²) < 4.78 is 15.9. The van der Waals surface area contributed by atoms with Crippen molar-refractivity contribution < 1.29 is 4.39 Å². The second-order valence-corrected chi connectivity index (χ2v) is 3.89. The van der Waals surface area contributed by atoms with Gasteiger partial charge in [0, 0.05) is 12.4 Å². The molecule has 0 aliphatic carbocycles. The topological polar surface area (TPSA) is 4.93 Å². The van der Waals surface area contributed by atoms with E-state index in [1.807, 2.05) is 24.6 Å². The molecule has 0 bridgehead atoms. The minimum Gasteiger partial charge on any atom is -0.338 e. The van der Waals surface area contributed by atoms with Crippen LogP contribution < -0.4 is 0 Å². The van der Waals surface area contributed by atoms with E-state index >= 15 is 0 Å². The van der Waals surface area contributed by atoms with Crippen LogP contribution in [0, 0.1) is 12.7 Å². The third-order valence-corrected chi connectivity index (χ3v) is 3.46. The van der Waals surface area contributed by atoms with E-state index in [0.29, 0.717) is 0 Å². The average molecular weight is 242 g/mol. The highest BCUT2D eigenvalue weighted by Crippen LogP contribution is 2.28. The monoisotopic (exact) mass is 241 g/mol. The maximum absolute atomic E-state index is 12.9. The number of fused-ring (bicyclic) bond motifs is 1. The molecule has 0 unspecified atom stereocenters. The van der Waals surface area contributed by atoms with E-state index in [2.05, 4.69) is 15.9 Å². The molecule has 0 N–H and O–H groups in total. The molecule has 13 heavy (non-hydrogen) atoms. The lowest BCUT2D eigenvalue weighted by molar-refractivity contribution is 0.629. The van der Waals surface area contributed by atoms with Crippen molar-refractivity contribution in [3.63, 3.8) is 0 Å². The van der Waals surface area contributed by atoms with Gasteiger partial charge in [-0.25, -0.2) is 4.39 Å². The quantitative estimate of drug-likeness (QED) is 0.667. The van der Waals surface area contributed by atoms with Crippen molar-refractivity contribution in [2.75, 3.05) is 0 Å². The number of hydrogen-bond donors (Lipinski definition) is 0. The Morgan fingerprint density at radius 1 is 1.38 bits per heavy atom. The maximum atomic E-state index is 12.9. The molecule has 0 spiro atoms. The van der Waals surface area contributed by atoms with Gasteiger partial charge in [0.1, 0.15) is 5.82 Å². The Balaban J connectivity index is 2.95. The van der Waals surface area contributed by atoms with Crippen LogP contribution in [0.2, 0.25) is 0 Å². The number of aryl methyl sites for hydroxylation is 2. The molecule has 1 aromatic carbocycles. The van der Waals surface area contributed by atoms with Crippen molar-refractivity contribution in [1.29, 1.82) is 0 Å². The van der Waals surface area contributed by atoms with Gasteiger partial charge in [-0.05, 0) is 46.6 Å². The fourth-order valence-electron chi connectivity index (χ4n) is 1.57. The van der Waals surface area contributed by atoms with Gasteiger partial charge in [-0.3, -0.25) is 0 Å². The molecule has 0 radical (unpaired) electrons. The molecule has 0 saturated heterocycles. The smallest absolute Gasteiger partial charge is 0.125 e. The number of benzene rings is 1. The Hall–Kier alpha value is -0.830. The fraction of sp³-hybridized carbons (Fsp3) is 0.200. The summed E-state index contributed by atoms with van der Waals surface area (Å²) in [7, 11) is 1.92. The summed E-state index contributed by atoms with van der Waals surface area (Å²) in [4.78, 5) is 0. The average Bonchev–Trinajstić information content (AvgIpc) is 2.32. The molecule has 0 aliphatic heterocycles. The summed E-state index contributed by atoms with van der Waals surface area (Å²) >= 11 is 3.46. The molecule has 3 heteroatoms. The molecule has 2 aromatic rings. The molecule has 0 fully saturated rings. The van der Waals surface area contributed by atoms with Gasteiger partial charge in [0.25, 0.3) is 0 Å². The fourth-order valence-corrected chi connectivity index (χ4v) is 1.97. The van der Waals surface area contributed by atoms with Crippen molar-refractivity contribution in [3.8, 4) is 0 Å². The molecule has 0 aliphatic rings. The van der Waals surface area contributed by atoms with Gasteiger partial charge in [0.15, 0.2) is 0 Å². The van der Waals surface area contributed by atoms with Gasteiger partial charge in [0.2, 0.25) is 0 Å². The SMILES string of the molecule is Cc1c(Br)n(C)c2cc(F)ccc12. The first-order valence-corrected chi connectivity index (χ1v) is 4.80. The molecule has 2 rings (SSSR count). The number of rotatable bonds is 0. The van der Waals surface area contributed by atoms with E-state index in [1.165, 1.54) is 6.07 Å². The summed E-state index contributed by atoms with van der Waals surface area (Å²) in [6.07, 6.45) is 0. The lowest BCUT2D eigenvalue weighted by Gasteiger charge is -1.96. The molecule has 0 amide bonds. The zero-order chi connectivity index (χ0) is 9.59. The Bertz CT molecular complexity index is 473. The highest BCUT2D eigenvalue weighted by Gasteiger charge is 2.09. The van der Waals surface area contributed by atoms with Crippen molar-refractivity contribution in [3.05, 3.63) is 34.2 Å². The van der Waals surface area contributed by atoms with Gasteiger partial charge >= 0.3 is 0 Å². The van der Waals surface area contributed by atoms with Gasteiger partial charge in [-0.1, -0.05) is 0 Å². The molecule has 0 atom stereocenters. The molecule has 68 valence electrons. The first-order chi connectivity index (χ1) is 6.11. The molecule has 1 aromatic heterocycles. The zero-order valence-electron chi connectivity index (χ0n) is 7.44. The summed E-state index contributed by atoms with van der Waals surface area (Å²) in [6, 6.07) is 4.85. The van der Waals surface area contributed by atoms with Crippen LogP contribution in [0.4, 0.5) is 4.39 Å². The second-order valence-electron chi connectivity index (χ2n) is 3.14. The molecule has 0 saturated carbocycles. The molecular weight excluding hydrogens is 233 g/mol. The largest absolute Gasteiger partial charge is 0.338 e. The minimum absolute atomic E-state index is 0.194. The number of aromatic nitrogens is 1. The zero-order valence-corrected chi connectivity index (χ0v) is 9.02. The lowest BCUT2D eigenvalue weighted by atomic mass is 10.2. The van der Waals surface area contributed by atoms with Gasteiger partial charge in [0.05, 0.1) is 10.1 Å². The summed E-state index contributed by atoms with van der Waals surface area (Å²) in [6.45, 7) is 2.02. The van der Waals surface area contributed by atoms with Crippen molar-refractivity contribution in [1.82, 2.24) is 4.57 Å². The number of halogens is 2. The van der Waals surface area contributed by atoms with Crippen molar-refractivity contribution >= 4 is 26.8 Å². The predicted molar refractivity (Wildman–Crippen MR) is 55.3 cm³/mol. The third kappa shape index (κ3) is 1.18. The van der Waals surface area contributed by atoms with Gasteiger partial charge < -0.3 is 4.57 Å². The summed E-state index contributed by atoms with van der Waals surface area (Å²) in [5.74, 6) is -0.194. The molecular formula is C10H9BrFN. The van der Waals surface area contributed by atoms with Crippen LogP contribution in [0.5, 0.6) is 0 Å². The van der Waals surface area contributed by atoms with E-state index in [4.69, 9.17) is 0 Å². The summed E-state index contributed by atoms with van der Waals surface area (Å²) in [5.41, 5.74) is 2.07. The van der Waals surface area contributed by atoms with Crippen molar-refractivity contribution in [2.24, 2.45) is 7.05 Å². The van der Waals surface area contributed by atoms with E-state index < -0.39 is 0 Å². The Morgan fingerprint density at radius 3 is 2.77 bits per heavy atom. The van der Waals surface area contributed by atoms with Crippen molar-refractivity contribution in [2.45, 2.75) is 6.92 Å². The maximum Gasteiger partial charge on any atom is 0.125 e. The molecule has 1 nitrogen and oxygen atoms in total. The van der Waals surface area contributed by atoms with Crippen LogP contribution in [0.3, 0.4) is 0 Å². The molecule has 1 heterocycles. The van der Waals surface area contributed by atoms with Crippen LogP contribution in [-0.4, -0.2) is 4.57 Å². The Morgan fingerprint density at radius 2 is 2.08 bits per heavy atom. The first kappa shape index (κ1) is 8.75. The Labute approximate surface area is 84.3 Å². The number of nitrogens with zero attached hydrogens (tertiary/aromatic N) is 1. The van der Waals surface area contributed by atoms with Crippen LogP contribution in [0.25, 0.3) is 10.9 Å². The highest BCUT2D eigenvalue weighted by atomic mass is 79.9. The van der Waals surface area contributed by atoms with Crippen LogP contribution in [0.1, 0.15) is 5.56 Å². The van der Waals surface area contributed by atoms with E-state index in [-0.39, 0.29) is 5.82 Å². The number of hydrogen-bond acceptors (Lipinski definition) is 0. The van der Waals surface area contributed by atoms with Gasteiger partial charge in [-0.2, -0.15) is 0 Å². The minimum atomic E-state index is -0.194. The van der Waals surface area contributed by atoms with Crippen LogP contribution in [-0.2, 0) is 7.05 Å². The Kier molecular flexibility index (Phi) is 1.91. The summed E-state index contributed by atoms with van der Waals surface area (Å²) in [5, 5.41) is 1.09.